The van der Waals surface area contributed by atoms with Gasteiger partial charge in [-0.25, -0.2) is 0 Å². The molecular formula is C41H40ClF3N8O5. The van der Waals surface area contributed by atoms with Crippen molar-refractivity contribution in [3.8, 4) is 22.9 Å². The first kappa shape index (κ1) is 41.2. The van der Waals surface area contributed by atoms with Gasteiger partial charge in [-0.15, -0.1) is 0 Å². The molecule has 1 aromatic heterocycles. The molecule has 5 aromatic rings. The minimum Gasteiger partial charge on any atom is -0.497 e. The van der Waals surface area contributed by atoms with Crippen LogP contribution in [0.1, 0.15) is 42.6 Å². The Bertz CT molecular complexity index is 2270. The molecule has 1 fully saturated rings. The molecule has 6 rings (SSSR count). The number of halogens is 4. The smallest absolute Gasteiger partial charge is 0.422 e. The number of carbonyl (C=O) groups is 3. The number of ether oxygens (including phenoxy) is 2. The zero-order chi connectivity index (χ0) is 41.5. The molecule has 1 aliphatic rings. The normalized spacial score (nSPS) is 13.2. The minimum atomic E-state index is -4.61. The summed E-state index contributed by atoms with van der Waals surface area (Å²) in [6.07, 6.45) is -3.15. The molecule has 5 N–H and O–H groups in total. The van der Waals surface area contributed by atoms with Gasteiger partial charge in [0.15, 0.2) is 6.61 Å². The van der Waals surface area contributed by atoms with Crippen molar-refractivity contribution in [2.75, 3.05) is 42.8 Å². The lowest BCUT2D eigenvalue weighted by Crippen LogP contribution is -2.45. The van der Waals surface area contributed by atoms with Gasteiger partial charge < -0.3 is 36.1 Å². The van der Waals surface area contributed by atoms with Crippen molar-refractivity contribution in [2.24, 2.45) is 5.41 Å². The van der Waals surface area contributed by atoms with Crippen LogP contribution in [0, 0.1) is 5.41 Å². The van der Waals surface area contributed by atoms with Gasteiger partial charge in [-0.3, -0.25) is 14.4 Å². The van der Waals surface area contributed by atoms with Gasteiger partial charge in [0.05, 0.1) is 12.6 Å². The van der Waals surface area contributed by atoms with Gasteiger partial charge in [-0.2, -0.15) is 28.1 Å². The Kier molecular flexibility index (Phi) is 12.4. The zero-order valence-electron chi connectivity index (χ0n) is 31.7. The lowest BCUT2D eigenvalue weighted by molar-refractivity contribution is -0.154. The molecule has 58 heavy (non-hydrogen) atoms. The molecule has 0 radical (unpaired) electrons. The van der Waals surface area contributed by atoms with Gasteiger partial charge in [0, 0.05) is 40.6 Å². The van der Waals surface area contributed by atoms with Crippen LogP contribution >= 0.6 is 11.6 Å². The number of benzene rings is 4. The Hall–Kier alpha value is -6.42. The number of alkyl halides is 3. The van der Waals surface area contributed by atoms with Gasteiger partial charge in [0.25, 0.3) is 5.91 Å². The lowest BCUT2D eigenvalue weighted by atomic mass is 9.93. The predicted octanol–water partition coefficient (Wildman–Crippen LogP) is 7.50. The Morgan fingerprint density at radius 1 is 0.810 bits per heavy atom. The summed E-state index contributed by atoms with van der Waals surface area (Å²) in [6, 6.07) is 27.3. The second-order valence-electron chi connectivity index (χ2n) is 14.3. The van der Waals surface area contributed by atoms with Crippen LogP contribution in [0.2, 0.25) is 5.02 Å². The summed E-state index contributed by atoms with van der Waals surface area (Å²) in [7, 11) is 1.56. The molecule has 0 aliphatic heterocycles. The van der Waals surface area contributed by atoms with Crippen LogP contribution < -0.4 is 36.1 Å². The SMILES string of the molecule is COc1cccc(-c2ccccc2NC(=O)C(=O)NCC(C)(C)CNC(=O)c2ccc(Nc3nc(NC4(c5ccc(Cl)cc5)CC4)nc(OCC(F)(F)F)n3)cc2)c1. The summed E-state index contributed by atoms with van der Waals surface area (Å²) >= 11 is 6.05. The highest BCUT2D eigenvalue weighted by molar-refractivity contribution is 6.40. The first-order valence-corrected chi connectivity index (χ1v) is 18.5. The van der Waals surface area contributed by atoms with E-state index in [1.54, 1.807) is 61.7 Å². The van der Waals surface area contributed by atoms with E-state index >= 15 is 0 Å². The highest BCUT2D eigenvalue weighted by Gasteiger charge is 2.45. The molecule has 13 nitrogen and oxygen atoms in total. The van der Waals surface area contributed by atoms with Crippen molar-refractivity contribution in [1.82, 2.24) is 25.6 Å². The molecule has 1 saturated carbocycles. The topological polar surface area (TPSA) is 168 Å². The Labute approximate surface area is 337 Å². The number of amides is 3. The average Bonchev–Trinajstić information content (AvgIpc) is 3.99. The maximum absolute atomic E-state index is 13.1. The summed E-state index contributed by atoms with van der Waals surface area (Å²) in [5.41, 5.74) is 2.45. The van der Waals surface area contributed by atoms with Gasteiger partial charge in [-0.05, 0) is 84.0 Å². The standard InChI is InChI=1S/C41H40ClF3N8O5/c1-39(2,23-47-34(55)35(56)49-32-10-5-4-9-31(32)26-7-6-8-30(21-26)57-3)22-46-33(54)25-11-17-29(18-12-25)48-36-50-37(52-38(51-36)58-24-41(43,44)45)53-40(19-20-40)27-13-15-28(42)16-14-27/h4-18,21H,19-20,22-24H2,1-3H3,(H,46,54)(H,47,55)(H,49,56)(H2,48,50,51,52,53). The maximum atomic E-state index is 13.1. The fourth-order valence-electron chi connectivity index (χ4n) is 5.80. The van der Waals surface area contributed by atoms with E-state index in [2.05, 4.69) is 41.5 Å². The number of nitrogens with zero attached hydrogens (tertiary/aromatic N) is 3. The van der Waals surface area contributed by atoms with E-state index in [1.807, 2.05) is 56.3 Å². The number of methoxy groups -OCH3 is 1. The molecule has 0 atom stereocenters. The highest BCUT2D eigenvalue weighted by Crippen LogP contribution is 2.48. The van der Waals surface area contributed by atoms with Crippen LogP contribution in [0.5, 0.6) is 11.8 Å². The number of carbonyl (C=O) groups excluding carboxylic acids is 3. The van der Waals surface area contributed by atoms with Gasteiger partial charge in [-0.1, -0.05) is 67.9 Å². The molecule has 302 valence electrons. The van der Waals surface area contributed by atoms with Crippen LogP contribution in [0.4, 0.5) is 36.4 Å². The molecule has 1 aliphatic carbocycles. The molecule has 0 unspecified atom stereocenters. The van der Waals surface area contributed by atoms with Gasteiger partial charge in [0.1, 0.15) is 5.75 Å². The van der Waals surface area contributed by atoms with E-state index in [9.17, 15) is 27.6 Å². The first-order valence-electron chi connectivity index (χ1n) is 18.1. The van der Waals surface area contributed by atoms with Crippen molar-refractivity contribution in [3.05, 3.63) is 113 Å². The van der Waals surface area contributed by atoms with Crippen molar-refractivity contribution in [1.29, 1.82) is 0 Å². The molecule has 3 amide bonds. The number of hydrogen-bond acceptors (Lipinski definition) is 10. The molecule has 4 aromatic carbocycles. The van der Waals surface area contributed by atoms with Gasteiger partial charge in [0.2, 0.25) is 11.9 Å². The number of hydrogen-bond donors (Lipinski definition) is 5. The quantitative estimate of drug-likeness (QED) is 0.0668. The molecular weight excluding hydrogens is 777 g/mol. The Balaban J connectivity index is 1.03. The number of anilines is 4. The van der Waals surface area contributed by atoms with E-state index in [0.717, 1.165) is 24.0 Å². The van der Waals surface area contributed by atoms with Crippen LogP contribution in [-0.2, 0) is 15.1 Å². The summed E-state index contributed by atoms with van der Waals surface area (Å²) in [6.45, 7) is 2.29. The van der Waals surface area contributed by atoms with Crippen LogP contribution in [0.25, 0.3) is 11.1 Å². The van der Waals surface area contributed by atoms with Gasteiger partial charge >= 0.3 is 24.0 Å². The van der Waals surface area contributed by atoms with E-state index in [4.69, 9.17) is 21.1 Å². The lowest BCUT2D eigenvalue weighted by Gasteiger charge is -2.25. The van der Waals surface area contributed by atoms with E-state index in [0.29, 0.717) is 33.3 Å². The monoisotopic (exact) mass is 816 g/mol. The third kappa shape index (κ3) is 11.1. The van der Waals surface area contributed by atoms with Crippen LogP contribution in [0.3, 0.4) is 0 Å². The van der Waals surface area contributed by atoms with Crippen LogP contribution in [-0.4, -0.2) is 65.7 Å². The fraction of sp³-hybridized carbons (Fsp3) is 0.268. The zero-order valence-corrected chi connectivity index (χ0v) is 32.4. The second kappa shape index (κ2) is 17.4. The van der Waals surface area contributed by atoms with E-state index < -0.39 is 47.5 Å². The minimum absolute atomic E-state index is 0.00678. The molecule has 17 heteroatoms. The van der Waals surface area contributed by atoms with Crippen molar-refractivity contribution in [3.63, 3.8) is 0 Å². The summed E-state index contributed by atoms with van der Waals surface area (Å²) in [5, 5.41) is 14.9. The average molecular weight is 817 g/mol. The second-order valence-corrected chi connectivity index (χ2v) is 14.8. The number of para-hydroxylation sites is 1. The first-order chi connectivity index (χ1) is 27.6. The van der Waals surface area contributed by atoms with Crippen molar-refractivity contribution in [2.45, 2.75) is 38.4 Å². The van der Waals surface area contributed by atoms with E-state index in [-0.39, 0.29) is 25.0 Å². The third-order valence-corrected chi connectivity index (χ3v) is 9.35. The number of rotatable bonds is 15. The van der Waals surface area contributed by atoms with Crippen molar-refractivity contribution < 1.29 is 37.0 Å². The molecule has 0 bridgehead atoms. The summed E-state index contributed by atoms with van der Waals surface area (Å²) < 4.78 is 49.1. The van der Waals surface area contributed by atoms with Crippen molar-refractivity contribution >= 4 is 52.6 Å². The Morgan fingerprint density at radius 3 is 2.19 bits per heavy atom. The molecule has 0 spiro atoms. The Morgan fingerprint density at radius 2 is 1.50 bits per heavy atom. The summed E-state index contributed by atoms with van der Waals surface area (Å²) in [5.74, 6) is -1.51. The highest BCUT2D eigenvalue weighted by atomic mass is 35.5. The van der Waals surface area contributed by atoms with Crippen LogP contribution in [0.15, 0.2) is 97.1 Å². The summed E-state index contributed by atoms with van der Waals surface area (Å²) in [4.78, 5) is 51.2. The predicted molar refractivity (Wildman–Crippen MR) is 213 cm³/mol. The fourth-order valence-corrected chi connectivity index (χ4v) is 5.93. The maximum Gasteiger partial charge on any atom is 0.422 e. The number of aromatic nitrogens is 3. The number of nitrogens with one attached hydrogen (secondary N) is 5. The largest absolute Gasteiger partial charge is 0.497 e. The molecule has 1 heterocycles. The van der Waals surface area contributed by atoms with E-state index in [1.165, 1.54) is 0 Å². The third-order valence-electron chi connectivity index (χ3n) is 9.10. The molecule has 0 saturated heterocycles.